The highest BCUT2D eigenvalue weighted by Crippen LogP contribution is 2.52. The molecule has 1 aromatic carbocycles. The number of benzene rings is 1. The summed E-state index contributed by atoms with van der Waals surface area (Å²) in [6.45, 7) is 5.46. The van der Waals surface area contributed by atoms with Crippen LogP contribution in [0.2, 0.25) is 0 Å². The quantitative estimate of drug-likeness (QED) is 0.780. The fraction of sp³-hybridized carbons (Fsp3) is 0.562. The Hall–Kier alpha value is -1.29. The van der Waals surface area contributed by atoms with Gasteiger partial charge in [0.2, 0.25) is 0 Å². The summed E-state index contributed by atoms with van der Waals surface area (Å²) in [5, 5.41) is 0. The first-order valence-electron chi connectivity index (χ1n) is 7.25. The molecule has 1 fully saturated rings. The van der Waals surface area contributed by atoms with Crippen LogP contribution in [-0.2, 0) is 13.0 Å². The molecule has 114 valence electrons. The molecule has 1 aliphatic carbocycles. The van der Waals surface area contributed by atoms with Gasteiger partial charge in [-0.1, -0.05) is 13.8 Å². The van der Waals surface area contributed by atoms with Gasteiger partial charge in [0, 0.05) is 31.0 Å². The molecule has 1 aliphatic rings. The van der Waals surface area contributed by atoms with Crippen LogP contribution in [0.5, 0.6) is 5.75 Å². The minimum Gasteiger partial charge on any atom is -0.494 e. The Morgan fingerprint density at radius 3 is 2.76 bits per heavy atom. The van der Waals surface area contributed by atoms with E-state index in [0.29, 0.717) is 29.2 Å². The van der Waals surface area contributed by atoms with Crippen LogP contribution in [0.1, 0.15) is 26.1 Å². The van der Waals surface area contributed by atoms with Gasteiger partial charge in [-0.25, -0.2) is 9.37 Å². The molecule has 1 unspecified atom stereocenters. The Kier molecular flexibility index (Phi) is 3.60. The first-order valence-corrected chi connectivity index (χ1v) is 7.78. The maximum absolute atomic E-state index is 13.8. The molecule has 2 aromatic rings. The van der Waals surface area contributed by atoms with Crippen molar-refractivity contribution in [2.24, 2.45) is 11.3 Å². The summed E-state index contributed by atoms with van der Waals surface area (Å²) >= 11 is 5.88. The van der Waals surface area contributed by atoms with Gasteiger partial charge in [-0.15, -0.1) is 11.6 Å². The fourth-order valence-corrected chi connectivity index (χ4v) is 3.09. The van der Waals surface area contributed by atoms with Crippen molar-refractivity contribution in [2.45, 2.75) is 33.2 Å². The third kappa shape index (κ3) is 2.61. The molecule has 1 saturated carbocycles. The van der Waals surface area contributed by atoms with E-state index >= 15 is 0 Å². The lowest BCUT2D eigenvalue weighted by Crippen LogP contribution is -2.08. The van der Waals surface area contributed by atoms with E-state index in [1.165, 1.54) is 19.6 Å². The first kappa shape index (κ1) is 14.6. The molecule has 0 spiro atoms. The molecule has 1 atom stereocenters. The van der Waals surface area contributed by atoms with E-state index in [2.05, 4.69) is 23.4 Å². The molecule has 0 aliphatic heterocycles. The van der Waals surface area contributed by atoms with Crippen molar-refractivity contribution >= 4 is 22.6 Å². The molecule has 0 saturated heterocycles. The Morgan fingerprint density at radius 1 is 1.48 bits per heavy atom. The smallest absolute Gasteiger partial charge is 0.167 e. The Labute approximate surface area is 129 Å². The number of aromatic nitrogens is 2. The highest BCUT2D eigenvalue weighted by Gasteiger charge is 2.45. The predicted octanol–water partition coefficient (Wildman–Crippen LogP) is 4.01. The van der Waals surface area contributed by atoms with Crippen LogP contribution in [0.3, 0.4) is 0 Å². The molecular formula is C16H20ClFN2O. The van der Waals surface area contributed by atoms with Gasteiger partial charge in [0.25, 0.3) is 0 Å². The van der Waals surface area contributed by atoms with Gasteiger partial charge in [0.1, 0.15) is 5.82 Å². The van der Waals surface area contributed by atoms with E-state index < -0.39 is 0 Å². The molecule has 3 nitrogen and oxygen atoms in total. The zero-order valence-corrected chi connectivity index (χ0v) is 13.4. The second kappa shape index (κ2) is 5.16. The number of fused-ring (bicyclic) bond motifs is 1. The third-order valence-corrected chi connectivity index (χ3v) is 4.73. The predicted molar refractivity (Wildman–Crippen MR) is 82.6 cm³/mol. The van der Waals surface area contributed by atoms with Crippen LogP contribution >= 0.6 is 11.6 Å². The number of aryl methyl sites for hydroxylation is 1. The van der Waals surface area contributed by atoms with E-state index in [9.17, 15) is 4.39 Å². The largest absolute Gasteiger partial charge is 0.494 e. The van der Waals surface area contributed by atoms with Gasteiger partial charge in [-0.2, -0.15) is 0 Å². The minimum atomic E-state index is -0.376. The molecule has 21 heavy (non-hydrogen) atoms. The minimum absolute atomic E-state index is 0.260. The van der Waals surface area contributed by atoms with Crippen molar-refractivity contribution in [1.82, 2.24) is 9.55 Å². The second-order valence-electron chi connectivity index (χ2n) is 6.44. The molecular weight excluding hydrogens is 291 g/mol. The number of methoxy groups -OCH3 is 1. The van der Waals surface area contributed by atoms with Gasteiger partial charge in [0.15, 0.2) is 11.6 Å². The monoisotopic (exact) mass is 310 g/mol. The number of imidazole rings is 1. The SMILES string of the molecule is COc1cc2c(cc1F)nc(CCCl)n2CC1CC1(C)C. The number of rotatable bonds is 5. The second-order valence-corrected chi connectivity index (χ2v) is 6.82. The van der Waals surface area contributed by atoms with Crippen LogP contribution in [0, 0.1) is 17.2 Å². The van der Waals surface area contributed by atoms with Crippen LogP contribution < -0.4 is 4.74 Å². The number of ether oxygens (including phenoxy) is 1. The number of hydrogen-bond donors (Lipinski definition) is 0. The number of hydrogen-bond acceptors (Lipinski definition) is 2. The zero-order valence-electron chi connectivity index (χ0n) is 12.6. The summed E-state index contributed by atoms with van der Waals surface area (Å²) < 4.78 is 21.1. The molecule has 0 bridgehead atoms. The molecule has 5 heteroatoms. The van der Waals surface area contributed by atoms with E-state index in [4.69, 9.17) is 16.3 Å². The van der Waals surface area contributed by atoms with Crippen LogP contribution in [0.4, 0.5) is 4.39 Å². The van der Waals surface area contributed by atoms with Crippen molar-refractivity contribution in [3.63, 3.8) is 0 Å². The molecule has 1 heterocycles. The Balaban J connectivity index is 2.07. The Morgan fingerprint density at radius 2 is 2.19 bits per heavy atom. The van der Waals surface area contributed by atoms with Crippen LogP contribution in [0.25, 0.3) is 11.0 Å². The summed E-state index contributed by atoms with van der Waals surface area (Å²) in [4.78, 5) is 4.55. The standard InChI is InChI=1S/C16H20ClFN2O/c1-16(2)8-10(16)9-20-13-7-14(21-3)11(18)6-12(13)19-15(20)4-5-17/h6-7,10H,4-5,8-9H2,1-3H3. The lowest BCUT2D eigenvalue weighted by Gasteiger charge is -2.10. The summed E-state index contributed by atoms with van der Waals surface area (Å²) in [7, 11) is 1.48. The molecule has 0 radical (unpaired) electrons. The zero-order chi connectivity index (χ0) is 15.2. The van der Waals surface area contributed by atoms with Crippen molar-refractivity contribution in [3.8, 4) is 5.75 Å². The molecule has 0 N–H and O–H groups in total. The average Bonchev–Trinajstić information content (AvgIpc) is 2.89. The number of alkyl halides is 1. The number of nitrogens with zero attached hydrogens (tertiary/aromatic N) is 2. The lowest BCUT2D eigenvalue weighted by molar-refractivity contribution is 0.387. The summed E-state index contributed by atoms with van der Waals surface area (Å²) in [5.74, 6) is 1.96. The number of halogens is 2. The normalized spacial score (nSPS) is 20.0. The topological polar surface area (TPSA) is 27.1 Å². The van der Waals surface area contributed by atoms with E-state index in [-0.39, 0.29) is 11.6 Å². The van der Waals surface area contributed by atoms with E-state index in [1.54, 1.807) is 6.07 Å². The van der Waals surface area contributed by atoms with Crippen molar-refractivity contribution in [3.05, 3.63) is 23.8 Å². The van der Waals surface area contributed by atoms with Gasteiger partial charge in [-0.05, 0) is 17.8 Å². The maximum Gasteiger partial charge on any atom is 0.167 e. The van der Waals surface area contributed by atoms with E-state index in [1.807, 2.05) is 0 Å². The van der Waals surface area contributed by atoms with Crippen molar-refractivity contribution < 1.29 is 9.13 Å². The average molecular weight is 311 g/mol. The highest BCUT2D eigenvalue weighted by molar-refractivity contribution is 6.17. The van der Waals surface area contributed by atoms with E-state index in [0.717, 1.165) is 17.9 Å². The lowest BCUT2D eigenvalue weighted by atomic mass is 10.1. The molecule has 0 amide bonds. The molecule has 3 rings (SSSR count). The first-order chi connectivity index (χ1) is 9.96. The third-order valence-electron chi connectivity index (χ3n) is 4.54. The maximum atomic E-state index is 13.8. The summed E-state index contributed by atoms with van der Waals surface area (Å²) in [6, 6.07) is 3.19. The summed E-state index contributed by atoms with van der Waals surface area (Å²) in [5.41, 5.74) is 1.99. The van der Waals surface area contributed by atoms with Gasteiger partial charge in [0.05, 0.1) is 18.1 Å². The van der Waals surface area contributed by atoms with Gasteiger partial charge in [-0.3, -0.25) is 0 Å². The summed E-state index contributed by atoms with van der Waals surface area (Å²) in [6.07, 6.45) is 1.90. The van der Waals surface area contributed by atoms with Gasteiger partial charge >= 0.3 is 0 Å². The van der Waals surface area contributed by atoms with Crippen LogP contribution in [0.15, 0.2) is 12.1 Å². The molecule has 1 aromatic heterocycles. The fourth-order valence-electron chi connectivity index (χ4n) is 2.92. The van der Waals surface area contributed by atoms with Crippen molar-refractivity contribution in [1.29, 1.82) is 0 Å². The van der Waals surface area contributed by atoms with Crippen molar-refractivity contribution in [2.75, 3.05) is 13.0 Å². The Bertz CT molecular complexity index is 680. The highest BCUT2D eigenvalue weighted by atomic mass is 35.5. The van der Waals surface area contributed by atoms with Crippen LogP contribution in [-0.4, -0.2) is 22.5 Å². The van der Waals surface area contributed by atoms with Gasteiger partial charge < -0.3 is 9.30 Å².